The van der Waals surface area contributed by atoms with Crippen LogP contribution in [0.25, 0.3) is 0 Å². The van der Waals surface area contributed by atoms with E-state index in [0.29, 0.717) is 36.9 Å². The van der Waals surface area contributed by atoms with Crippen molar-refractivity contribution in [1.82, 2.24) is 25.3 Å². The first-order chi connectivity index (χ1) is 35.8. The van der Waals surface area contributed by atoms with Crippen LogP contribution in [0.1, 0.15) is 97.0 Å². The Labute approximate surface area is 441 Å². The molecule has 1 aromatic rings. The number of nitrogens with zero attached hydrogens (tertiary/aromatic N) is 3. The zero-order valence-electron chi connectivity index (χ0n) is 43.6. The lowest BCUT2D eigenvalue weighted by Crippen LogP contribution is -2.63. The van der Waals surface area contributed by atoms with Crippen molar-refractivity contribution in [3.63, 3.8) is 0 Å². The van der Waals surface area contributed by atoms with Gasteiger partial charge in [0, 0.05) is 57.2 Å². The molecule has 4 aliphatic rings. The smallest absolute Gasteiger partial charge is 0.323 e. The lowest BCUT2D eigenvalue weighted by Gasteiger charge is -2.63. The van der Waals surface area contributed by atoms with Crippen LogP contribution in [-0.2, 0) is 54.5 Å². The predicted molar refractivity (Wildman–Crippen MR) is 269 cm³/mol. The molecule has 0 aliphatic heterocycles. The summed E-state index contributed by atoms with van der Waals surface area (Å²) in [6, 6.07) is 4.66. The lowest BCUT2D eigenvalue weighted by atomic mass is 9.43. The number of hydrogen-bond acceptors (Lipinski definition) is 15. The molecule has 424 valence electrons. The molecule has 76 heavy (non-hydrogen) atoms. The highest BCUT2D eigenvalue weighted by atomic mass is 16.5. The van der Waals surface area contributed by atoms with E-state index < -0.39 is 104 Å². The minimum absolute atomic E-state index is 0.0438. The van der Waals surface area contributed by atoms with Crippen LogP contribution in [0.2, 0.25) is 0 Å². The van der Waals surface area contributed by atoms with Gasteiger partial charge in [-0.1, -0.05) is 32.9 Å². The molecule has 4 saturated carbocycles. The number of hydrogen-bond donors (Lipinski definition) is 11. The number of carboxylic acid groups (broad SMARTS) is 6. The number of anilines is 1. The number of aliphatic hydroxyl groups excluding tert-OH is 2. The summed E-state index contributed by atoms with van der Waals surface area (Å²) in [6.07, 6.45) is 4.53. The molecule has 5 rings (SSSR count). The number of benzene rings is 1. The van der Waals surface area contributed by atoms with Gasteiger partial charge in [-0.2, -0.15) is 0 Å². The summed E-state index contributed by atoms with van der Waals surface area (Å²) < 4.78 is 5.65. The van der Waals surface area contributed by atoms with E-state index in [-0.39, 0.29) is 111 Å². The number of carbonyl (C=O) groups is 9. The van der Waals surface area contributed by atoms with E-state index in [9.17, 15) is 73.8 Å². The van der Waals surface area contributed by atoms with Crippen LogP contribution in [0.4, 0.5) is 5.69 Å². The average molecular weight is 1080 g/mol. The van der Waals surface area contributed by atoms with Gasteiger partial charge < -0.3 is 61.5 Å². The minimum atomic E-state index is -1.49. The largest absolute Gasteiger partial charge is 0.481 e. The van der Waals surface area contributed by atoms with Crippen molar-refractivity contribution in [3.05, 3.63) is 29.8 Å². The van der Waals surface area contributed by atoms with E-state index in [1.165, 1.54) is 4.90 Å². The van der Waals surface area contributed by atoms with Crippen LogP contribution in [-0.4, -0.2) is 199 Å². The molecule has 0 heterocycles. The van der Waals surface area contributed by atoms with Crippen molar-refractivity contribution in [2.24, 2.45) is 46.3 Å². The maximum Gasteiger partial charge on any atom is 0.323 e. The predicted octanol–water partition coefficient (Wildman–Crippen LogP) is 1.32. The molecule has 3 amide bonds. The zero-order valence-corrected chi connectivity index (χ0v) is 43.6. The maximum atomic E-state index is 13.1. The van der Waals surface area contributed by atoms with Crippen molar-refractivity contribution in [1.29, 1.82) is 0 Å². The topological polar surface area (TPSA) is 371 Å². The van der Waals surface area contributed by atoms with E-state index in [2.05, 4.69) is 36.7 Å². The SMILES string of the molecule is C[C@H](CCC(=O)O)[C@H]1CC[C@H]2[C@@H]3[C@H](O)C[C@@H]4C[C@@H](NC(=O)CCC(=O)NCC(=O)Nc5ccc(COCC(C(=O)O)N(CCN(CCN(CC(=O)O)CC(=O)O)CC(=O)O)CC(=O)O)cc5)CC[C@]4(C)[C@H]3C[C@H](O)[C@]12C. The maximum absolute atomic E-state index is 13.1. The number of carboxylic acids is 6. The third-order valence-corrected chi connectivity index (χ3v) is 17.1. The molecule has 0 radical (unpaired) electrons. The lowest BCUT2D eigenvalue weighted by molar-refractivity contribution is -0.202. The fourth-order valence-electron chi connectivity index (χ4n) is 13.3. The number of nitrogens with one attached hydrogen (secondary N) is 3. The summed E-state index contributed by atoms with van der Waals surface area (Å²) in [5, 5.41) is 88.4. The van der Waals surface area contributed by atoms with E-state index in [1.54, 1.807) is 24.3 Å². The highest BCUT2D eigenvalue weighted by Gasteiger charge is 2.65. The van der Waals surface area contributed by atoms with Crippen LogP contribution in [0.3, 0.4) is 0 Å². The van der Waals surface area contributed by atoms with Gasteiger partial charge in [-0.25, -0.2) is 0 Å². The first kappa shape index (κ1) is 61.1. The zero-order chi connectivity index (χ0) is 56.1. The summed E-state index contributed by atoms with van der Waals surface area (Å²) >= 11 is 0. The van der Waals surface area contributed by atoms with Gasteiger partial charge in [0.25, 0.3) is 0 Å². The molecular weight excluding hydrogens is 997 g/mol. The van der Waals surface area contributed by atoms with Crippen molar-refractivity contribution in [3.8, 4) is 0 Å². The Balaban J connectivity index is 1.02. The average Bonchev–Trinajstić information content (AvgIpc) is 3.69. The molecular formula is C52H78N6O18. The number of amides is 3. The summed E-state index contributed by atoms with van der Waals surface area (Å²) in [4.78, 5) is 111. The molecule has 1 aromatic carbocycles. The summed E-state index contributed by atoms with van der Waals surface area (Å²) in [7, 11) is 0. The second-order valence-electron chi connectivity index (χ2n) is 22.0. The van der Waals surface area contributed by atoms with Gasteiger partial charge in [-0.05, 0) is 115 Å². The second kappa shape index (κ2) is 27.5. The van der Waals surface area contributed by atoms with Crippen LogP contribution in [0.15, 0.2) is 24.3 Å². The standard InChI is InChI=1S/C52H78N6O18/c1-30(4-13-44(64)65)35-9-10-36-49-37(22-40(60)52(35,36)3)51(2)15-14-34(20-32(51)21-39(49)59)55-42(62)12-11-41(61)53-23-43(63)54-33-7-5-31(6-8-33)28-76-29-38(50(74)75)58(27-48(72)73)19-18-56(24-45(66)67)16-17-57(25-46(68)69)26-47(70)71/h5-8,30,32,34-40,49,59-60H,4,9-29H2,1-3H3,(H,53,61)(H,54,63)(H,55,62)(H,64,65)(H,66,67)(H,68,69)(H,70,71)(H,72,73)(H,74,75)/t30-,32+,34+,35-,36+,37+,38?,39-,40+,49+,51+,52-/m1/s1. The third kappa shape index (κ3) is 16.6. The molecule has 24 heteroatoms. The highest BCUT2D eigenvalue weighted by Crippen LogP contribution is 2.68. The van der Waals surface area contributed by atoms with Gasteiger partial charge in [-0.3, -0.25) is 57.9 Å². The normalized spacial score (nSPS) is 27.6. The Morgan fingerprint density at radius 3 is 1.91 bits per heavy atom. The van der Waals surface area contributed by atoms with Crippen molar-refractivity contribution < 1.29 is 88.7 Å². The van der Waals surface area contributed by atoms with E-state index in [0.717, 1.165) is 35.5 Å². The van der Waals surface area contributed by atoms with Gasteiger partial charge in [0.2, 0.25) is 17.7 Å². The van der Waals surface area contributed by atoms with Crippen molar-refractivity contribution in [2.75, 3.05) is 70.8 Å². The van der Waals surface area contributed by atoms with E-state index in [1.807, 2.05) is 0 Å². The van der Waals surface area contributed by atoms with Gasteiger partial charge in [-0.15, -0.1) is 0 Å². The second-order valence-corrected chi connectivity index (χ2v) is 22.0. The Kier molecular flexibility index (Phi) is 22.1. The van der Waals surface area contributed by atoms with Crippen LogP contribution < -0.4 is 16.0 Å². The van der Waals surface area contributed by atoms with E-state index >= 15 is 0 Å². The first-order valence-corrected chi connectivity index (χ1v) is 26.2. The molecule has 12 atom stereocenters. The Morgan fingerprint density at radius 2 is 1.29 bits per heavy atom. The highest BCUT2D eigenvalue weighted by molar-refractivity contribution is 5.95. The van der Waals surface area contributed by atoms with Crippen molar-refractivity contribution in [2.45, 2.75) is 122 Å². The first-order valence-electron chi connectivity index (χ1n) is 26.2. The third-order valence-electron chi connectivity index (χ3n) is 17.1. The molecule has 4 aliphatic carbocycles. The molecule has 1 unspecified atom stereocenters. The number of aliphatic hydroxyl groups is 2. The molecule has 0 bridgehead atoms. The monoisotopic (exact) mass is 1070 g/mol. The van der Waals surface area contributed by atoms with Crippen molar-refractivity contribution >= 4 is 59.2 Å². The number of ether oxygens (including phenoxy) is 1. The fraction of sp³-hybridized carbons (Fsp3) is 0.712. The van der Waals surface area contributed by atoms with Gasteiger partial charge >= 0.3 is 35.8 Å². The molecule has 0 spiro atoms. The Bertz CT molecular complexity index is 2220. The minimum Gasteiger partial charge on any atom is -0.481 e. The molecule has 4 fully saturated rings. The quantitative estimate of drug-likeness (QED) is 0.0499. The van der Waals surface area contributed by atoms with Crippen LogP contribution >= 0.6 is 0 Å². The number of fused-ring (bicyclic) bond motifs is 5. The summed E-state index contributed by atoms with van der Waals surface area (Å²) in [6.45, 7) is 2.28. The Morgan fingerprint density at radius 1 is 0.684 bits per heavy atom. The molecule has 11 N–H and O–H groups in total. The molecule has 24 nitrogen and oxygen atoms in total. The Hall–Kier alpha value is -5.79. The summed E-state index contributed by atoms with van der Waals surface area (Å²) in [5.41, 5.74) is 0.404. The number of aliphatic carboxylic acids is 6. The van der Waals surface area contributed by atoms with Gasteiger partial charge in [0.05, 0.1) is 58.1 Å². The summed E-state index contributed by atoms with van der Waals surface area (Å²) in [5.74, 6) is -8.06. The number of rotatable bonds is 31. The van der Waals surface area contributed by atoms with E-state index in [4.69, 9.17) is 14.9 Å². The van der Waals surface area contributed by atoms with Gasteiger partial charge in [0.15, 0.2) is 0 Å². The van der Waals surface area contributed by atoms with Gasteiger partial charge in [0.1, 0.15) is 6.04 Å². The molecule has 0 aromatic heterocycles. The molecule has 0 saturated heterocycles. The fourth-order valence-corrected chi connectivity index (χ4v) is 13.3. The number of carbonyl (C=O) groups excluding carboxylic acids is 3. The van der Waals surface area contributed by atoms with Crippen LogP contribution in [0.5, 0.6) is 0 Å². The van der Waals surface area contributed by atoms with Crippen LogP contribution in [0, 0.1) is 46.3 Å².